The van der Waals surface area contributed by atoms with Crippen LogP contribution < -0.4 is 10.1 Å². The number of hydrogen-bond donors (Lipinski definition) is 1. The van der Waals surface area contributed by atoms with E-state index in [1.54, 1.807) is 17.4 Å². The molecule has 0 radical (unpaired) electrons. The second-order valence-corrected chi connectivity index (χ2v) is 6.87. The van der Waals surface area contributed by atoms with Crippen LogP contribution in [0.15, 0.2) is 23.6 Å². The number of ether oxygens (including phenoxy) is 1. The van der Waals surface area contributed by atoms with Gasteiger partial charge in [-0.3, -0.25) is 0 Å². The fourth-order valence-electron chi connectivity index (χ4n) is 1.90. The Labute approximate surface area is 129 Å². The van der Waals surface area contributed by atoms with Crippen molar-refractivity contribution in [1.82, 2.24) is 10.3 Å². The first-order valence-corrected chi connectivity index (χ1v) is 7.79. The van der Waals surface area contributed by atoms with Crippen LogP contribution in [0.4, 0.5) is 4.39 Å². The van der Waals surface area contributed by atoms with Crippen molar-refractivity contribution in [3.05, 3.63) is 45.7 Å². The Morgan fingerprint density at radius 2 is 2.10 bits per heavy atom. The molecule has 3 nitrogen and oxygen atoms in total. The van der Waals surface area contributed by atoms with Crippen molar-refractivity contribution in [1.29, 1.82) is 0 Å². The van der Waals surface area contributed by atoms with Crippen LogP contribution in [-0.4, -0.2) is 12.0 Å². The SMILES string of the molecule is CNCc1cccc(F)c1OCc1nc(C(C)(C)C)cs1. The number of para-hydroxylation sites is 1. The number of nitrogens with zero attached hydrogens (tertiary/aromatic N) is 1. The number of nitrogens with one attached hydrogen (secondary N) is 1. The number of rotatable bonds is 5. The van der Waals surface area contributed by atoms with Crippen molar-refractivity contribution in [3.63, 3.8) is 0 Å². The lowest BCUT2D eigenvalue weighted by atomic mass is 9.93. The Hall–Kier alpha value is -1.46. The van der Waals surface area contributed by atoms with E-state index in [0.29, 0.717) is 18.9 Å². The quantitative estimate of drug-likeness (QED) is 0.910. The van der Waals surface area contributed by atoms with Crippen molar-refractivity contribution in [2.24, 2.45) is 0 Å². The molecular weight excluding hydrogens is 287 g/mol. The maximum atomic E-state index is 13.9. The molecule has 2 aromatic rings. The summed E-state index contributed by atoms with van der Waals surface area (Å²) in [5, 5.41) is 5.91. The third-order valence-electron chi connectivity index (χ3n) is 3.08. The first-order valence-electron chi connectivity index (χ1n) is 6.91. The monoisotopic (exact) mass is 308 g/mol. The number of benzene rings is 1. The molecule has 0 fully saturated rings. The molecule has 1 N–H and O–H groups in total. The highest BCUT2D eigenvalue weighted by atomic mass is 32.1. The summed E-state index contributed by atoms with van der Waals surface area (Å²) in [5.74, 6) is -0.0327. The summed E-state index contributed by atoms with van der Waals surface area (Å²) in [7, 11) is 1.82. The van der Waals surface area contributed by atoms with Crippen molar-refractivity contribution in [2.45, 2.75) is 39.3 Å². The maximum absolute atomic E-state index is 13.9. The van der Waals surface area contributed by atoms with Crippen LogP contribution in [0.3, 0.4) is 0 Å². The summed E-state index contributed by atoms with van der Waals surface area (Å²) < 4.78 is 19.6. The van der Waals surface area contributed by atoms with E-state index >= 15 is 0 Å². The summed E-state index contributed by atoms with van der Waals surface area (Å²) in [6.45, 7) is 7.22. The average molecular weight is 308 g/mol. The number of thiazole rings is 1. The van der Waals surface area contributed by atoms with Gasteiger partial charge in [0, 0.05) is 22.9 Å². The van der Waals surface area contributed by atoms with E-state index in [9.17, 15) is 4.39 Å². The number of aromatic nitrogens is 1. The van der Waals surface area contributed by atoms with Crippen LogP contribution >= 0.6 is 11.3 Å². The Morgan fingerprint density at radius 3 is 2.71 bits per heavy atom. The van der Waals surface area contributed by atoms with Gasteiger partial charge in [-0.05, 0) is 13.1 Å². The molecule has 0 bridgehead atoms. The molecule has 1 aromatic carbocycles. The number of halogens is 1. The molecule has 0 saturated heterocycles. The van der Waals surface area contributed by atoms with Crippen LogP contribution in [0, 0.1) is 5.82 Å². The largest absolute Gasteiger partial charge is 0.483 e. The van der Waals surface area contributed by atoms with Crippen LogP contribution in [0.2, 0.25) is 0 Å². The molecule has 114 valence electrons. The molecule has 0 unspecified atom stereocenters. The van der Waals surface area contributed by atoms with Gasteiger partial charge >= 0.3 is 0 Å². The van der Waals surface area contributed by atoms with E-state index in [1.165, 1.54) is 6.07 Å². The van der Waals surface area contributed by atoms with Crippen molar-refractivity contribution in [3.8, 4) is 5.75 Å². The zero-order valence-corrected chi connectivity index (χ0v) is 13.7. The van der Waals surface area contributed by atoms with Crippen molar-refractivity contribution < 1.29 is 9.13 Å². The molecule has 1 heterocycles. The fourth-order valence-corrected chi connectivity index (χ4v) is 2.83. The Balaban J connectivity index is 2.11. The van der Waals surface area contributed by atoms with Crippen LogP contribution in [0.25, 0.3) is 0 Å². The van der Waals surface area contributed by atoms with Crippen molar-refractivity contribution >= 4 is 11.3 Å². The molecule has 0 spiro atoms. The Bertz CT molecular complexity index is 605. The molecule has 0 atom stereocenters. The topological polar surface area (TPSA) is 34.1 Å². The fraction of sp³-hybridized carbons (Fsp3) is 0.438. The minimum absolute atomic E-state index is 0.0179. The average Bonchev–Trinajstić information content (AvgIpc) is 2.87. The maximum Gasteiger partial charge on any atom is 0.165 e. The van der Waals surface area contributed by atoms with Crippen LogP contribution in [-0.2, 0) is 18.6 Å². The lowest BCUT2D eigenvalue weighted by Gasteiger charge is -2.14. The lowest BCUT2D eigenvalue weighted by Crippen LogP contribution is -2.12. The van der Waals surface area contributed by atoms with Gasteiger partial charge in [-0.1, -0.05) is 32.9 Å². The Kier molecular flexibility index (Phi) is 4.96. The van der Waals surface area contributed by atoms with Gasteiger partial charge in [-0.15, -0.1) is 11.3 Å². The molecule has 0 saturated carbocycles. The molecular formula is C16H21FN2OS. The minimum atomic E-state index is -0.338. The third kappa shape index (κ3) is 4.02. The predicted octanol–water partition coefficient (Wildman–Crippen LogP) is 3.88. The second-order valence-electron chi connectivity index (χ2n) is 5.92. The van der Waals surface area contributed by atoms with Gasteiger partial charge < -0.3 is 10.1 Å². The molecule has 1 aromatic heterocycles. The molecule has 0 aliphatic heterocycles. The molecule has 2 rings (SSSR count). The molecule has 0 aliphatic carbocycles. The summed E-state index contributed by atoms with van der Waals surface area (Å²) >= 11 is 1.55. The lowest BCUT2D eigenvalue weighted by molar-refractivity contribution is 0.285. The molecule has 5 heteroatoms. The van der Waals surface area contributed by atoms with E-state index < -0.39 is 0 Å². The van der Waals surface area contributed by atoms with E-state index in [-0.39, 0.29) is 11.2 Å². The van der Waals surface area contributed by atoms with Crippen LogP contribution in [0.1, 0.15) is 37.0 Å². The minimum Gasteiger partial charge on any atom is -0.483 e. The zero-order valence-electron chi connectivity index (χ0n) is 12.9. The standard InChI is InChI=1S/C16H21FN2OS/c1-16(2,3)13-10-21-14(19-13)9-20-15-11(8-18-4)6-5-7-12(15)17/h5-7,10,18H,8-9H2,1-4H3. The first kappa shape index (κ1) is 15.9. The van der Waals surface area contributed by atoms with Gasteiger partial charge in [0.25, 0.3) is 0 Å². The summed E-state index contributed by atoms with van der Waals surface area (Å²) in [6, 6.07) is 4.96. The van der Waals surface area contributed by atoms with E-state index in [2.05, 4.69) is 31.1 Å². The molecule has 0 amide bonds. The van der Waals surface area contributed by atoms with E-state index in [1.807, 2.05) is 18.5 Å². The van der Waals surface area contributed by atoms with Gasteiger partial charge in [-0.25, -0.2) is 9.37 Å². The Morgan fingerprint density at radius 1 is 1.33 bits per heavy atom. The highest BCUT2D eigenvalue weighted by Crippen LogP contribution is 2.27. The van der Waals surface area contributed by atoms with E-state index in [0.717, 1.165) is 16.3 Å². The number of hydrogen-bond acceptors (Lipinski definition) is 4. The second kappa shape index (κ2) is 6.54. The van der Waals surface area contributed by atoms with Gasteiger partial charge in [0.1, 0.15) is 11.6 Å². The van der Waals surface area contributed by atoms with Crippen molar-refractivity contribution in [2.75, 3.05) is 7.05 Å². The normalized spacial score (nSPS) is 11.7. The highest BCUT2D eigenvalue weighted by molar-refractivity contribution is 7.09. The van der Waals surface area contributed by atoms with Crippen LogP contribution in [0.5, 0.6) is 5.75 Å². The van der Waals surface area contributed by atoms with E-state index in [4.69, 9.17) is 4.74 Å². The molecule has 21 heavy (non-hydrogen) atoms. The summed E-state index contributed by atoms with van der Waals surface area (Å²) in [5.41, 5.74) is 1.87. The molecule has 0 aliphatic rings. The zero-order chi connectivity index (χ0) is 15.5. The van der Waals surface area contributed by atoms with Gasteiger partial charge in [0.2, 0.25) is 0 Å². The highest BCUT2D eigenvalue weighted by Gasteiger charge is 2.18. The van der Waals surface area contributed by atoms with Gasteiger partial charge in [-0.2, -0.15) is 0 Å². The predicted molar refractivity (Wildman–Crippen MR) is 84.3 cm³/mol. The smallest absolute Gasteiger partial charge is 0.165 e. The first-order chi connectivity index (χ1) is 9.91. The summed E-state index contributed by atoms with van der Waals surface area (Å²) in [6.07, 6.45) is 0. The van der Waals surface area contributed by atoms with Gasteiger partial charge in [0.15, 0.2) is 11.6 Å². The third-order valence-corrected chi connectivity index (χ3v) is 3.90. The van der Waals surface area contributed by atoms with Gasteiger partial charge in [0.05, 0.1) is 5.69 Å². The summed E-state index contributed by atoms with van der Waals surface area (Å²) in [4.78, 5) is 4.56.